The minimum absolute atomic E-state index is 0.0278. The van der Waals surface area contributed by atoms with Gasteiger partial charge in [0.25, 0.3) is 0 Å². The molecule has 0 spiro atoms. The van der Waals surface area contributed by atoms with E-state index >= 15 is 0 Å². The maximum Gasteiger partial charge on any atom is 0.411 e. The molecule has 0 bridgehead atoms. The Hall–Kier alpha value is -8.81. The van der Waals surface area contributed by atoms with Gasteiger partial charge in [-0.15, -0.1) is 0 Å². The number of aliphatic hydroxyl groups is 1. The van der Waals surface area contributed by atoms with Crippen LogP contribution in [0.3, 0.4) is 0 Å². The van der Waals surface area contributed by atoms with E-state index in [1.165, 1.54) is 36.3 Å². The molecule has 9 rings (SSSR count). The largest absolute Gasteiger partial charge is 0.447 e. The standard InChI is InChI=1S/C35H50N2O8.C15H10N2O2.C10H13NO.C10H20O3.C9H9NO/c1-20-22(3)30(44-32(40-7)24(20)5)18-42-34(38)36-28-13-9-26(10-14-28)17-27-11-15-29(16-12-27)37-35(39)43-19-31-23(4)21(2)25(6)33(41-8)45-31;18-10-16-14-5-1-12(2-6-14)9-13-3-7-15(8-4-13)17-11-19;1-7-4-8(2)6-10(5-7)11-9(3)12;1-6-7(2)9(5-11)13-10(12-4)8(6)3;1-7-3-8(2)5-9(4-7)10-6-11/h9-16,20-25,30-33H,17-19H2,1-8H3,(H,36,38)(H,37,39);1-8H,9H2;4-6H,1-3H3,(H,11,12);6-11H,5H2,1-4H3;3-5H,1-2H3. The number of aryl methyl sites for hydroxylation is 4. The molecule has 100 heavy (non-hydrogen) atoms. The van der Waals surface area contributed by atoms with Crippen molar-refractivity contribution in [3.8, 4) is 0 Å². The third-order valence-corrected chi connectivity index (χ3v) is 18.9. The summed E-state index contributed by atoms with van der Waals surface area (Å²) in [5.74, 6) is 3.05. The molecular weight excluding hydrogens is 1270 g/mol. The Bertz CT molecular complexity index is 3450. The second-order valence-electron chi connectivity index (χ2n) is 26.3. The predicted octanol–water partition coefficient (Wildman–Crippen LogP) is 15.9. The van der Waals surface area contributed by atoms with Crippen molar-refractivity contribution in [2.75, 3.05) is 57.1 Å². The van der Waals surface area contributed by atoms with Crippen molar-refractivity contribution in [2.24, 2.45) is 68.2 Å². The lowest BCUT2D eigenvalue weighted by molar-refractivity contribution is -0.244. The van der Waals surface area contributed by atoms with Crippen molar-refractivity contribution in [2.45, 2.75) is 147 Å². The Balaban J connectivity index is 0.000000265. The van der Waals surface area contributed by atoms with Gasteiger partial charge in [0.1, 0.15) is 13.2 Å². The number of nitrogens with one attached hydrogen (secondary N) is 3. The van der Waals surface area contributed by atoms with Crippen LogP contribution in [0.4, 0.5) is 43.7 Å². The van der Waals surface area contributed by atoms with E-state index in [0.717, 1.165) is 45.5 Å². The van der Waals surface area contributed by atoms with Crippen LogP contribution in [0.1, 0.15) is 114 Å². The highest BCUT2D eigenvalue weighted by atomic mass is 16.7. The van der Waals surface area contributed by atoms with Gasteiger partial charge in [0.15, 0.2) is 18.9 Å². The summed E-state index contributed by atoms with van der Waals surface area (Å²) in [5.41, 5.74) is 12.9. The first kappa shape index (κ1) is 81.9. The average molecular weight is 1380 g/mol. The van der Waals surface area contributed by atoms with Gasteiger partial charge in [-0.25, -0.2) is 24.0 Å². The second kappa shape index (κ2) is 41.7. The number of aliphatic hydroxyl groups excluding tert-OH is 1. The summed E-state index contributed by atoms with van der Waals surface area (Å²) in [7, 11) is 4.92. The molecule has 6 aromatic rings. The zero-order valence-electron chi connectivity index (χ0n) is 60.9. The third kappa shape index (κ3) is 26.4. The molecule has 3 fully saturated rings. The van der Waals surface area contributed by atoms with E-state index in [1.54, 1.807) is 45.6 Å². The molecule has 21 heteroatoms. The van der Waals surface area contributed by atoms with Gasteiger partial charge in [-0.05, 0) is 193 Å². The fourth-order valence-corrected chi connectivity index (χ4v) is 12.2. The van der Waals surface area contributed by atoms with Crippen LogP contribution in [0.15, 0.2) is 148 Å². The zero-order chi connectivity index (χ0) is 73.6. The number of amides is 3. The normalized spacial score (nSPS) is 24.1. The van der Waals surface area contributed by atoms with Crippen LogP contribution in [-0.2, 0) is 69.9 Å². The van der Waals surface area contributed by atoms with Crippen molar-refractivity contribution in [3.05, 3.63) is 178 Å². The highest BCUT2D eigenvalue weighted by Gasteiger charge is 2.42. The van der Waals surface area contributed by atoms with Crippen LogP contribution < -0.4 is 16.0 Å². The second-order valence-corrected chi connectivity index (χ2v) is 26.3. The number of nitrogens with zero attached hydrogens (tertiary/aromatic N) is 3. The molecule has 3 heterocycles. The SMILES string of the molecule is CC(=O)Nc1cc(C)cc(C)c1.COC1OC(CO)C(C)C(C)C1C.COC1OC(COC(=O)Nc2ccc(Cc3ccc(NC(=O)OCC4OC(OC)C(C)C(C)C4C)cc3)cc2)C(C)C(C)C1C.Cc1cc(C)cc(N=C=O)c1.O=C=Nc1ccc(Cc2ccc(N=C=O)cc2)cc1. The van der Waals surface area contributed by atoms with Crippen molar-refractivity contribution < 1.29 is 71.8 Å². The molecular formula is C79H102N6O15. The minimum atomic E-state index is -0.524. The summed E-state index contributed by atoms with van der Waals surface area (Å²) in [5, 5.41) is 17.4. The first-order valence-electron chi connectivity index (χ1n) is 33.8. The van der Waals surface area contributed by atoms with Gasteiger partial charge < -0.3 is 48.3 Å². The first-order chi connectivity index (χ1) is 47.7. The fraction of sp³-hybridized carbons (Fsp3) is 0.468. The lowest BCUT2D eigenvalue weighted by atomic mass is 9.79. The highest BCUT2D eigenvalue weighted by molar-refractivity contribution is 5.89. The van der Waals surface area contributed by atoms with Gasteiger partial charge in [-0.2, -0.15) is 15.0 Å². The summed E-state index contributed by atoms with van der Waals surface area (Å²) in [6, 6.07) is 41.6. The fourth-order valence-electron chi connectivity index (χ4n) is 12.2. The predicted molar refractivity (Wildman–Crippen MR) is 387 cm³/mol. The molecule has 538 valence electrons. The van der Waals surface area contributed by atoms with Crippen LogP contribution in [0, 0.1) is 81.0 Å². The van der Waals surface area contributed by atoms with E-state index in [0.29, 0.717) is 64.4 Å². The molecule has 0 aromatic heterocycles. The molecule has 21 nitrogen and oxygen atoms in total. The number of carbonyl (C=O) groups excluding carboxylic acids is 6. The molecule has 3 amide bonds. The number of anilines is 3. The zero-order valence-corrected chi connectivity index (χ0v) is 60.9. The van der Waals surface area contributed by atoms with E-state index < -0.39 is 12.2 Å². The number of carbonyl (C=O) groups is 3. The average Bonchev–Trinajstić information content (AvgIpc) is 0.830. The third-order valence-electron chi connectivity index (χ3n) is 18.9. The molecule has 3 saturated heterocycles. The number of methoxy groups -OCH3 is 3. The lowest BCUT2D eigenvalue weighted by Gasteiger charge is -2.42. The van der Waals surface area contributed by atoms with Crippen molar-refractivity contribution in [1.82, 2.24) is 0 Å². The monoisotopic (exact) mass is 1370 g/mol. The molecule has 4 N–H and O–H groups in total. The summed E-state index contributed by atoms with van der Waals surface area (Å²) < 4.78 is 44.8. The number of aliphatic imine (C=N–C) groups is 3. The molecule has 15 unspecified atom stereocenters. The topological polar surface area (TPSA) is 270 Å². The van der Waals surface area contributed by atoms with E-state index in [4.69, 9.17) is 43.0 Å². The van der Waals surface area contributed by atoms with Gasteiger partial charge in [-0.1, -0.05) is 123 Å². The Morgan fingerprint density at radius 3 is 1.01 bits per heavy atom. The lowest BCUT2D eigenvalue weighted by Crippen LogP contribution is -2.47. The Morgan fingerprint density at radius 1 is 0.400 bits per heavy atom. The summed E-state index contributed by atoms with van der Waals surface area (Å²) in [6.07, 6.45) is 3.63. The van der Waals surface area contributed by atoms with Crippen molar-refractivity contribution in [1.29, 1.82) is 0 Å². The first-order valence-corrected chi connectivity index (χ1v) is 33.8. The van der Waals surface area contributed by atoms with E-state index in [-0.39, 0.29) is 86.6 Å². The van der Waals surface area contributed by atoms with Crippen LogP contribution in [0.2, 0.25) is 0 Å². The molecule has 15 atom stereocenters. The minimum Gasteiger partial charge on any atom is -0.447 e. The molecule has 6 aromatic carbocycles. The van der Waals surface area contributed by atoms with Crippen LogP contribution in [0.5, 0.6) is 0 Å². The van der Waals surface area contributed by atoms with Crippen molar-refractivity contribution >= 4 is 70.5 Å². The molecule has 0 radical (unpaired) electrons. The summed E-state index contributed by atoms with van der Waals surface area (Å²) in [4.78, 5) is 76.4. The maximum atomic E-state index is 12.5. The van der Waals surface area contributed by atoms with E-state index in [2.05, 4.69) is 99.3 Å². The van der Waals surface area contributed by atoms with Gasteiger partial charge in [0.2, 0.25) is 24.1 Å². The van der Waals surface area contributed by atoms with E-state index in [1.807, 2.05) is 131 Å². The number of ether oxygens (including phenoxy) is 8. The van der Waals surface area contributed by atoms with Gasteiger partial charge in [0, 0.05) is 63.1 Å². The van der Waals surface area contributed by atoms with E-state index in [9.17, 15) is 28.8 Å². The molecule has 0 saturated carbocycles. The van der Waals surface area contributed by atoms with Gasteiger partial charge in [0.05, 0.1) is 42.0 Å². The number of rotatable bonds is 18. The maximum absolute atomic E-state index is 12.5. The quantitative estimate of drug-likeness (QED) is 0.0460. The van der Waals surface area contributed by atoms with Crippen molar-refractivity contribution in [3.63, 3.8) is 0 Å². The Kier molecular flexibility index (Phi) is 34.1. The Morgan fingerprint density at radius 2 is 0.700 bits per heavy atom. The highest BCUT2D eigenvalue weighted by Crippen LogP contribution is 2.38. The van der Waals surface area contributed by atoms with Crippen LogP contribution in [0.25, 0.3) is 0 Å². The summed E-state index contributed by atoms with van der Waals surface area (Å²) in [6.45, 7) is 29.1. The molecule has 0 aliphatic carbocycles. The summed E-state index contributed by atoms with van der Waals surface area (Å²) >= 11 is 0. The number of hydrogen-bond donors (Lipinski definition) is 4. The van der Waals surface area contributed by atoms with Crippen LogP contribution >= 0.6 is 0 Å². The molecule has 3 aliphatic rings. The van der Waals surface area contributed by atoms with Gasteiger partial charge in [-0.3, -0.25) is 15.4 Å². The number of isocyanates is 3. The smallest absolute Gasteiger partial charge is 0.411 e. The van der Waals surface area contributed by atoms with Gasteiger partial charge >= 0.3 is 12.2 Å². The molecule has 3 aliphatic heterocycles. The number of hydrogen-bond acceptors (Lipinski definition) is 18. The number of benzene rings is 6. The Labute approximate surface area is 589 Å². The van der Waals surface area contributed by atoms with Crippen LogP contribution in [-0.4, -0.2) is 120 Å².